The maximum atomic E-state index is 12.5. The summed E-state index contributed by atoms with van der Waals surface area (Å²) in [4.78, 5) is 14.4. The van der Waals surface area contributed by atoms with E-state index in [4.69, 9.17) is 15.2 Å². The number of methoxy groups -OCH3 is 2. The lowest BCUT2D eigenvalue weighted by atomic mass is 10.1. The van der Waals surface area contributed by atoms with Crippen molar-refractivity contribution < 1.29 is 14.3 Å². The van der Waals surface area contributed by atoms with Crippen LogP contribution in [-0.2, 0) is 0 Å². The Balaban J connectivity index is 2.27. The fraction of sp³-hybridized carbons (Fsp3) is 0.533. The smallest absolute Gasteiger partial charge is 0.254 e. The Hall–Kier alpha value is -1.91. The first kappa shape index (κ1) is 14.5. The summed E-state index contributed by atoms with van der Waals surface area (Å²) in [7, 11) is 3.07. The third-order valence-electron chi connectivity index (χ3n) is 3.65. The molecule has 110 valence electrons. The van der Waals surface area contributed by atoms with E-state index in [2.05, 4.69) is 0 Å². The molecule has 0 unspecified atom stereocenters. The average molecular weight is 278 g/mol. The largest absolute Gasteiger partial charge is 0.493 e. The van der Waals surface area contributed by atoms with Crippen molar-refractivity contribution in [2.45, 2.75) is 25.7 Å². The maximum absolute atomic E-state index is 12.5. The first-order valence-electron chi connectivity index (χ1n) is 6.98. The van der Waals surface area contributed by atoms with E-state index in [0.29, 0.717) is 22.7 Å². The zero-order valence-corrected chi connectivity index (χ0v) is 12.1. The first-order chi connectivity index (χ1) is 9.67. The quantitative estimate of drug-likeness (QED) is 0.862. The molecule has 1 aromatic rings. The number of carbonyl (C=O) groups excluding carboxylic acids is 1. The molecule has 0 saturated carbocycles. The summed E-state index contributed by atoms with van der Waals surface area (Å²) in [5, 5.41) is 0. The summed E-state index contributed by atoms with van der Waals surface area (Å²) in [6, 6.07) is 3.36. The number of nitrogens with two attached hydrogens (primary N) is 1. The summed E-state index contributed by atoms with van der Waals surface area (Å²) in [6.45, 7) is 1.63. The Bertz CT molecular complexity index is 480. The molecule has 0 aromatic heterocycles. The van der Waals surface area contributed by atoms with Gasteiger partial charge in [-0.2, -0.15) is 0 Å². The van der Waals surface area contributed by atoms with Crippen LogP contribution in [0.5, 0.6) is 11.5 Å². The van der Waals surface area contributed by atoms with Crippen molar-refractivity contribution in [3.8, 4) is 11.5 Å². The molecule has 1 amide bonds. The molecule has 1 saturated heterocycles. The SMILES string of the molecule is COc1cc(C(=O)N2CCCCCC2)cc(N)c1OC. The van der Waals surface area contributed by atoms with Crippen LogP contribution in [0.3, 0.4) is 0 Å². The van der Waals surface area contributed by atoms with Crippen molar-refractivity contribution in [1.29, 1.82) is 0 Å². The van der Waals surface area contributed by atoms with Crippen LogP contribution < -0.4 is 15.2 Å². The van der Waals surface area contributed by atoms with Crippen LogP contribution in [0, 0.1) is 0 Å². The normalized spacial score (nSPS) is 15.6. The minimum atomic E-state index is 0.0135. The van der Waals surface area contributed by atoms with Gasteiger partial charge in [-0.05, 0) is 25.0 Å². The van der Waals surface area contributed by atoms with Gasteiger partial charge in [0.2, 0.25) is 0 Å². The zero-order valence-electron chi connectivity index (χ0n) is 12.1. The summed E-state index contributed by atoms with van der Waals surface area (Å²) >= 11 is 0. The summed E-state index contributed by atoms with van der Waals surface area (Å²) in [6.07, 6.45) is 4.51. The van der Waals surface area contributed by atoms with Gasteiger partial charge in [0, 0.05) is 18.7 Å². The van der Waals surface area contributed by atoms with Crippen molar-refractivity contribution in [1.82, 2.24) is 4.90 Å². The number of nitrogens with zero attached hydrogens (tertiary/aromatic N) is 1. The fourth-order valence-corrected chi connectivity index (χ4v) is 2.57. The van der Waals surface area contributed by atoms with E-state index in [1.807, 2.05) is 4.90 Å². The van der Waals surface area contributed by atoms with Crippen LogP contribution in [0.25, 0.3) is 0 Å². The Morgan fingerprint density at radius 1 is 1.10 bits per heavy atom. The number of anilines is 1. The minimum absolute atomic E-state index is 0.0135. The second kappa shape index (κ2) is 6.50. The monoisotopic (exact) mass is 278 g/mol. The highest BCUT2D eigenvalue weighted by atomic mass is 16.5. The van der Waals surface area contributed by atoms with E-state index in [-0.39, 0.29) is 5.91 Å². The predicted molar refractivity (Wildman–Crippen MR) is 78.3 cm³/mol. The molecule has 0 radical (unpaired) electrons. The molecule has 1 aliphatic rings. The lowest BCUT2D eigenvalue weighted by Gasteiger charge is -2.21. The highest BCUT2D eigenvalue weighted by Gasteiger charge is 2.20. The molecule has 20 heavy (non-hydrogen) atoms. The van der Waals surface area contributed by atoms with Crippen LogP contribution in [0.2, 0.25) is 0 Å². The lowest BCUT2D eigenvalue weighted by Crippen LogP contribution is -2.31. The van der Waals surface area contributed by atoms with Gasteiger partial charge < -0.3 is 20.1 Å². The van der Waals surface area contributed by atoms with Crippen LogP contribution in [0.4, 0.5) is 5.69 Å². The van der Waals surface area contributed by atoms with E-state index in [9.17, 15) is 4.79 Å². The molecule has 2 rings (SSSR count). The van der Waals surface area contributed by atoms with Crippen molar-refractivity contribution >= 4 is 11.6 Å². The second-order valence-corrected chi connectivity index (χ2v) is 5.01. The third-order valence-corrected chi connectivity index (χ3v) is 3.65. The van der Waals surface area contributed by atoms with Gasteiger partial charge in [0.05, 0.1) is 19.9 Å². The summed E-state index contributed by atoms with van der Waals surface area (Å²) in [5.41, 5.74) is 6.91. The molecule has 1 heterocycles. The van der Waals surface area contributed by atoms with Gasteiger partial charge in [-0.3, -0.25) is 4.79 Å². The second-order valence-electron chi connectivity index (χ2n) is 5.01. The molecule has 1 fully saturated rings. The zero-order chi connectivity index (χ0) is 14.5. The van der Waals surface area contributed by atoms with E-state index in [1.54, 1.807) is 12.1 Å². The van der Waals surface area contributed by atoms with Gasteiger partial charge in [0.1, 0.15) is 0 Å². The van der Waals surface area contributed by atoms with Crippen molar-refractivity contribution in [2.75, 3.05) is 33.0 Å². The number of nitrogen functional groups attached to an aromatic ring is 1. The van der Waals surface area contributed by atoms with E-state index in [1.165, 1.54) is 27.1 Å². The highest BCUT2D eigenvalue weighted by molar-refractivity contribution is 5.96. The van der Waals surface area contributed by atoms with Crippen LogP contribution in [0.15, 0.2) is 12.1 Å². The molecule has 0 bridgehead atoms. The number of benzene rings is 1. The topological polar surface area (TPSA) is 64.8 Å². The number of carbonyl (C=O) groups is 1. The number of rotatable bonds is 3. The number of amides is 1. The molecule has 1 aliphatic heterocycles. The Morgan fingerprint density at radius 2 is 1.75 bits per heavy atom. The third kappa shape index (κ3) is 2.98. The first-order valence-corrected chi connectivity index (χ1v) is 6.98. The van der Waals surface area contributed by atoms with Crippen LogP contribution in [-0.4, -0.2) is 38.1 Å². The minimum Gasteiger partial charge on any atom is -0.493 e. The van der Waals surface area contributed by atoms with Gasteiger partial charge >= 0.3 is 0 Å². The highest BCUT2D eigenvalue weighted by Crippen LogP contribution is 2.35. The van der Waals surface area contributed by atoms with E-state index in [0.717, 1.165) is 25.9 Å². The summed E-state index contributed by atoms with van der Waals surface area (Å²) in [5.74, 6) is 0.977. The Labute approximate surface area is 119 Å². The van der Waals surface area contributed by atoms with Gasteiger partial charge in [-0.1, -0.05) is 12.8 Å². The Kier molecular flexibility index (Phi) is 4.71. The molecule has 2 N–H and O–H groups in total. The molecule has 5 heteroatoms. The van der Waals surface area contributed by atoms with Crippen LogP contribution in [0.1, 0.15) is 36.0 Å². The standard InChI is InChI=1S/C15H22N2O3/c1-19-13-10-11(9-12(16)14(13)20-2)15(18)17-7-5-3-4-6-8-17/h9-10H,3-8,16H2,1-2H3. The molecule has 0 atom stereocenters. The number of hydrogen-bond donors (Lipinski definition) is 1. The van der Waals surface area contributed by atoms with Crippen molar-refractivity contribution in [3.63, 3.8) is 0 Å². The van der Waals surface area contributed by atoms with Crippen LogP contribution >= 0.6 is 0 Å². The van der Waals surface area contributed by atoms with E-state index >= 15 is 0 Å². The van der Waals surface area contributed by atoms with Gasteiger partial charge in [0.15, 0.2) is 11.5 Å². The van der Waals surface area contributed by atoms with Crippen molar-refractivity contribution in [3.05, 3.63) is 17.7 Å². The molecule has 0 spiro atoms. The van der Waals surface area contributed by atoms with Gasteiger partial charge in [-0.25, -0.2) is 0 Å². The molecule has 0 aliphatic carbocycles. The van der Waals surface area contributed by atoms with E-state index < -0.39 is 0 Å². The predicted octanol–water partition coefficient (Wildman–Crippen LogP) is 2.30. The van der Waals surface area contributed by atoms with Gasteiger partial charge in [0.25, 0.3) is 5.91 Å². The maximum Gasteiger partial charge on any atom is 0.254 e. The number of hydrogen-bond acceptors (Lipinski definition) is 4. The lowest BCUT2D eigenvalue weighted by molar-refractivity contribution is 0.0761. The average Bonchev–Trinajstić information content (AvgIpc) is 2.74. The molecular weight excluding hydrogens is 256 g/mol. The summed E-state index contributed by atoms with van der Waals surface area (Å²) < 4.78 is 10.4. The fourth-order valence-electron chi connectivity index (χ4n) is 2.57. The number of likely N-dealkylation sites (tertiary alicyclic amines) is 1. The molecular formula is C15H22N2O3. The molecule has 5 nitrogen and oxygen atoms in total. The van der Waals surface area contributed by atoms with Gasteiger partial charge in [-0.15, -0.1) is 0 Å². The Morgan fingerprint density at radius 3 is 2.30 bits per heavy atom. The van der Waals surface area contributed by atoms with Crippen molar-refractivity contribution in [2.24, 2.45) is 0 Å². The number of ether oxygens (including phenoxy) is 2. The molecule has 1 aromatic carbocycles.